The van der Waals surface area contributed by atoms with Crippen molar-refractivity contribution in [3.63, 3.8) is 0 Å². The number of unbranched alkanes of at least 4 members (excludes halogenated alkanes) is 1. The Kier molecular flexibility index (Phi) is 7.69. The van der Waals surface area contributed by atoms with Crippen molar-refractivity contribution in [1.29, 1.82) is 0 Å². The molecule has 1 heterocycles. The monoisotopic (exact) mass is 344 g/mol. The van der Waals surface area contributed by atoms with Gasteiger partial charge in [-0.2, -0.15) is 0 Å². The van der Waals surface area contributed by atoms with E-state index in [1.165, 1.54) is 12.1 Å². The van der Waals surface area contributed by atoms with E-state index in [1.807, 2.05) is 13.0 Å². The normalized spacial score (nSPS) is 11.2. The molecule has 0 saturated heterocycles. The third kappa shape index (κ3) is 6.79. The molecule has 1 aromatic carbocycles. The smallest absolute Gasteiger partial charge is 0.219 e. The molecule has 25 heavy (non-hydrogen) atoms. The molecule has 0 unspecified atom stereocenters. The third-order valence-electron chi connectivity index (χ3n) is 3.40. The summed E-state index contributed by atoms with van der Waals surface area (Å²) >= 11 is 0. The lowest BCUT2D eigenvalue weighted by Gasteiger charge is -2.10. The second-order valence-corrected chi connectivity index (χ2v) is 5.54. The standard InChI is InChI=1S/C19H25FN4O/c1-3-5-11-22-19(21-4-2)24-14-15-9-10-18(23-13-15)25-17-8-6-7-16(20)12-17/h6-10,12-13H,3-5,11,14H2,1-2H3,(H2,21,22,24). The summed E-state index contributed by atoms with van der Waals surface area (Å²) in [5, 5.41) is 6.52. The molecule has 0 amide bonds. The number of nitrogens with zero attached hydrogens (tertiary/aromatic N) is 2. The fraction of sp³-hybridized carbons (Fsp3) is 0.368. The van der Waals surface area contributed by atoms with Gasteiger partial charge in [-0.15, -0.1) is 0 Å². The van der Waals surface area contributed by atoms with E-state index in [9.17, 15) is 4.39 Å². The summed E-state index contributed by atoms with van der Waals surface area (Å²) in [6.07, 6.45) is 3.97. The summed E-state index contributed by atoms with van der Waals surface area (Å²) in [5.41, 5.74) is 0.972. The molecule has 0 radical (unpaired) electrons. The van der Waals surface area contributed by atoms with E-state index in [4.69, 9.17) is 4.74 Å². The number of hydrogen-bond donors (Lipinski definition) is 2. The second kappa shape index (κ2) is 10.3. The zero-order valence-corrected chi connectivity index (χ0v) is 14.8. The Bertz CT molecular complexity index is 673. The van der Waals surface area contributed by atoms with Gasteiger partial charge >= 0.3 is 0 Å². The molecule has 1 aromatic heterocycles. The average Bonchev–Trinajstić information content (AvgIpc) is 2.61. The van der Waals surface area contributed by atoms with Crippen LogP contribution in [0.1, 0.15) is 32.3 Å². The summed E-state index contributed by atoms with van der Waals surface area (Å²) in [4.78, 5) is 8.79. The Hall–Kier alpha value is -2.63. The van der Waals surface area contributed by atoms with Crippen LogP contribution in [0.5, 0.6) is 11.6 Å². The molecule has 2 rings (SSSR count). The van der Waals surface area contributed by atoms with Crippen molar-refractivity contribution in [2.45, 2.75) is 33.2 Å². The number of halogens is 1. The molecule has 0 aliphatic heterocycles. The summed E-state index contributed by atoms with van der Waals surface area (Å²) in [6.45, 7) is 6.44. The van der Waals surface area contributed by atoms with Crippen molar-refractivity contribution in [1.82, 2.24) is 15.6 Å². The number of aromatic nitrogens is 1. The fourth-order valence-electron chi connectivity index (χ4n) is 2.11. The predicted octanol–water partition coefficient (Wildman–Crippen LogP) is 3.87. The van der Waals surface area contributed by atoms with Gasteiger partial charge in [0.25, 0.3) is 0 Å². The number of guanidine groups is 1. The Balaban J connectivity index is 1.93. The molecule has 2 N–H and O–H groups in total. The number of aliphatic imine (C=N–C) groups is 1. The van der Waals surface area contributed by atoms with Gasteiger partial charge in [-0.3, -0.25) is 0 Å². The SMILES string of the molecule is CCCCNC(=NCc1ccc(Oc2cccc(F)c2)nc1)NCC. The van der Waals surface area contributed by atoms with E-state index in [-0.39, 0.29) is 5.82 Å². The molecular weight excluding hydrogens is 319 g/mol. The van der Waals surface area contributed by atoms with Crippen LogP contribution >= 0.6 is 0 Å². The Morgan fingerprint density at radius 1 is 1.20 bits per heavy atom. The summed E-state index contributed by atoms with van der Waals surface area (Å²) < 4.78 is 18.7. The van der Waals surface area contributed by atoms with Crippen LogP contribution in [0.25, 0.3) is 0 Å². The molecule has 0 bridgehead atoms. The highest BCUT2D eigenvalue weighted by molar-refractivity contribution is 5.79. The van der Waals surface area contributed by atoms with Gasteiger partial charge in [-0.1, -0.05) is 25.5 Å². The van der Waals surface area contributed by atoms with E-state index < -0.39 is 0 Å². The van der Waals surface area contributed by atoms with Crippen molar-refractivity contribution in [3.05, 3.63) is 54.0 Å². The van der Waals surface area contributed by atoms with Crippen molar-refractivity contribution in [2.24, 2.45) is 4.99 Å². The number of nitrogens with one attached hydrogen (secondary N) is 2. The average molecular weight is 344 g/mol. The van der Waals surface area contributed by atoms with Crippen molar-refractivity contribution in [3.8, 4) is 11.6 Å². The highest BCUT2D eigenvalue weighted by Gasteiger charge is 2.02. The van der Waals surface area contributed by atoms with Crippen LogP contribution in [0.4, 0.5) is 4.39 Å². The van der Waals surface area contributed by atoms with Crippen molar-refractivity contribution < 1.29 is 9.13 Å². The van der Waals surface area contributed by atoms with Gasteiger partial charge in [0.15, 0.2) is 5.96 Å². The first kappa shape index (κ1) is 18.7. The summed E-state index contributed by atoms with van der Waals surface area (Å²) in [7, 11) is 0. The summed E-state index contributed by atoms with van der Waals surface area (Å²) in [5.74, 6) is 1.31. The van der Waals surface area contributed by atoms with E-state index in [0.717, 1.165) is 37.5 Å². The molecule has 0 saturated carbocycles. The first-order valence-corrected chi connectivity index (χ1v) is 8.61. The van der Waals surface area contributed by atoms with Crippen molar-refractivity contribution in [2.75, 3.05) is 13.1 Å². The van der Waals surface area contributed by atoms with E-state index in [2.05, 4.69) is 27.5 Å². The van der Waals surface area contributed by atoms with E-state index in [0.29, 0.717) is 18.2 Å². The second-order valence-electron chi connectivity index (χ2n) is 5.54. The molecule has 0 fully saturated rings. The van der Waals surface area contributed by atoms with Crippen LogP contribution < -0.4 is 15.4 Å². The molecule has 2 aromatic rings. The minimum Gasteiger partial charge on any atom is -0.439 e. The van der Waals surface area contributed by atoms with Gasteiger partial charge in [-0.25, -0.2) is 14.4 Å². The van der Waals surface area contributed by atoms with Gasteiger partial charge in [0.05, 0.1) is 6.54 Å². The predicted molar refractivity (Wildman–Crippen MR) is 98.4 cm³/mol. The number of ether oxygens (including phenoxy) is 1. The maximum Gasteiger partial charge on any atom is 0.219 e. The van der Waals surface area contributed by atoms with Crippen molar-refractivity contribution >= 4 is 5.96 Å². The number of pyridine rings is 1. The minimum atomic E-state index is -0.338. The van der Waals surface area contributed by atoms with E-state index in [1.54, 1.807) is 24.4 Å². The van der Waals surface area contributed by atoms with Gasteiger partial charge in [-0.05, 0) is 31.0 Å². The molecule has 0 spiro atoms. The Labute approximate surface area is 148 Å². The molecule has 6 heteroatoms. The number of rotatable bonds is 8. The first-order valence-electron chi connectivity index (χ1n) is 8.61. The van der Waals surface area contributed by atoms with Gasteiger partial charge in [0, 0.05) is 31.4 Å². The quantitative estimate of drug-likeness (QED) is 0.434. The number of benzene rings is 1. The zero-order chi connectivity index (χ0) is 17.9. The first-order chi connectivity index (χ1) is 12.2. The number of hydrogen-bond acceptors (Lipinski definition) is 3. The lowest BCUT2D eigenvalue weighted by atomic mass is 10.3. The Morgan fingerprint density at radius 2 is 2.08 bits per heavy atom. The van der Waals surface area contributed by atoms with Crippen LogP contribution in [-0.4, -0.2) is 24.0 Å². The zero-order valence-electron chi connectivity index (χ0n) is 14.8. The molecule has 0 aliphatic rings. The lowest BCUT2D eigenvalue weighted by molar-refractivity contribution is 0.457. The maximum absolute atomic E-state index is 13.2. The fourth-order valence-corrected chi connectivity index (χ4v) is 2.11. The molecule has 5 nitrogen and oxygen atoms in total. The van der Waals surface area contributed by atoms with Crippen LogP contribution in [0.2, 0.25) is 0 Å². The van der Waals surface area contributed by atoms with E-state index >= 15 is 0 Å². The molecular formula is C19H25FN4O. The molecule has 0 aliphatic carbocycles. The summed E-state index contributed by atoms with van der Waals surface area (Å²) in [6, 6.07) is 9.64. The van der Waals surface area contributed by atoms with Crippen LogP contribution in [0.15, 0.2) is 47.6 Å². The highest BCUT2D eigenvalue weighted by Crippen LogP contribution is 2.20. The largest absolute Gasteiger partial charge is 0.439 e. The third-order valence-corrected chi connectivity index (χ3v) is 3.40. The minimum absolute atomic E-state index is 0.338. The van der Waals surface area contributed by atoms with Crippen LogP contribution in [0.3, 0.4) is 0 Å². The highest BCUT2D eigenvalue weighted by atomic mass is 19.1. The molecule has 134 valence electrons. The lowest BCUT2D eigenvalue weighted by Crippen LogP contribution is -2.37. The van der Waals surface area contributed by atoms with Gasteiger partial charge in [0.2, 0.25) is 5.88 Å². The maximum atomic E-state index is 13.2. The Morgan fingerprint density at radius 3 is 2.76 bits per heavy atom. The molecule has 0 atom stereocenters. The van der Waals surface area contributed by atoms with Gasteiger partial charge in [0.1, 0.15) is 11.6 Å². The van der Waals surface area contributed by atoms with Crippen LogP contribution in [-0.2, 0) is 6.54 Å². The van der Waals surface area contributed by atoms with Gasteiger partial charge < -0.3 is 15.4 Å². The topological polar surface area (TPSA) is 58.5 Å². The van der Waals surface area contributed by atoms with Crippen LogP contribution in [0, 0.1) is 5.82 Å².